The molecular formula is C19H19NO4. The third-order valence-corrected chi connectivity index (χ3v) is 4.16. The van der Waals surface area contributed by atoms with Gasteiger partial charge in [0.05, 0.1) is 13.2 Å². The van der Waals surface area contributed by atoms with Crippen molar-refractivity contribution in [3.05, 3.63) is 47.5 Å². The highest BCUT2D eigenvalue weighted by atomic mass is 16.5. The minimum absolute atomic E-state index is 0.146. The molecule has 0 aliphatic carbocycles. The molecule has 0 aromatic heterocycles. The highest BCUT2D eigenvalue weighted by Gasteiger charge is 2.20. The number of ether oxygens (including phenoxy) is 3. The molecule has 24 heavy (non-hydrogen) atoms. The van der Waals surface area contributed by atoms with Gasteiger partial charge in [-0.05, 0) is 42.8 Å². The van der Waals surface area contributed by atoms with Crippen molar-refractivity contribution >= 4 is 11.6 Å². The number of fused-ring (bicyclic) bond motifs is 2. The van der Waals surface area contributed by atoms with Crippen LogP contribution in [0.5, 0.6) is 17.2 Å². The lowest BCUT2D eigenvalue weighted by Crippen LogP contribution is -2.12. The van der Waals surface area contributed by atoms with Crippen LogP contribution in [0.4, 0.5) is 5.69 Å². The first-order chi connectivity index (χ1) is 11.7. The molecule has 0 fully saturated rings. The second-order valence-corrected chi connectivity index (χ2v) is 6.12. The van der Waals surface area contributed by atoms with Crippen molar-refractivity contribution in [2.24, 2.45) is 0 Å². The van der Waals surface area contributed by atoms with Gasteiger partial charge in [-0.2, -0.15) is 0 Å². The predicted octanol–water partition coefficient (Wildman–Crippen LogP) is 3.42. The molecule has 0 radical (unpaired) electrons. The Morgan fingerprint density at radius 1 is 1.04 bits per heavy atom. The molecule has 0 saturated carbocycles. The van der Waals surface area contributed by atoms with Crippen LogP contribution in [0.3, 0.4) is 0 Å². The van der Waals surface area contributed by atoms with Crippen molar-refractivity contribution < 1.29 is 19.0 Å². The van der Waals surface area contributed by atoms with E-state index in [1.165, 1.54) is 0 Å². The van der Waals surface area contributed by atoms with Gasteiger partial charge in [-0.25, -0.2) is 0 Å². The number of anilines is 1. The molecule has 124 valence electrons. The number of carbonyl (C=O) groups is 1. The summed E-state index contributed by atoms with van der Waals surface area (Å²) >= 11 is 0. The maximum Gasteiger partial charge on any atom is 0.255 e. The van der Waals surface area contributed by atoms with E-state index in [9.17, 15) is 4.79 Å². The fourth-order valence-corrected chi connectivity index (χ4v) is 3.01. The average Bonchev–Trinajstić information content (AvgIpc) is 2.79. The fraction of sp³-hybridized carbons (Fsp3) is 0.316. The van der Waals surface area contributed by atoms with Gasteiger partial charge in [0.2, 0.25) is 0 Å². The maximum atomic E-state index is 12.5. The number of hydrogen-bond donors (Lipinski definition) is 1. The Morgan fingerprint density at radius 3 is 2.71 bits per heavy atom. The fourth-order valence-electron chi connectivity index (χ4n) is 3.01. The van der Waals surface area contributed by atoms with E-state index in [0.29, 0.717) is 36.0 Å². The van der Waals surface area contributed by atoms with E-state index >= 15 is 0 Å². The van der Waals surface area contributed by atoms with Gasteiger partial charge in [0.25, 0.3) is 5.91 Å². The summed E-state index contributed by atoms with van der Waals surface area (Å²) in [6.45, 7) is 3.29. The molecule has 5 heteroatoms. The topological polar surface area (TPSA) is 56.8 Å². The zero-order chi connectivity index (χ0) is 16.5. The van der Waals surface area contributed by atoms with Crippen LogP contribution in [0.15, 0.2) is 36.4 Å². The quantitative estimate of drug-likeness (QED) is 0.919. The van der Waals surface area contributed by atoms with E-state index in [2.05, 4.69) is 5.32 Å². The van der Waals surface area contributed by atoms with Crippen molar-refractivity contribution in [3.63, 3.8) is 0 Å². The van der Waals surface area contributed by atoms with Gasteiger partial charge < -0.3 is 19.5 Å². The Hall–Kier alpha value is -2.69. The van der Waals surface area contributed by atoms with Gasteiger partial charge in [0, 0.05) is 30.2 Å². The van der Waals surface area contributed by atoms with Gasteiger partial charge in [0.1, 0.15) is 11.9 Å². The number of rotatable bonds is 2. The Bertz CT molecular complexity index is 787. The van der Waals surface area contributed by atoms with Crippen molar-refractivity contribution in [1.82, 2.24) is 0 Å². The van der Waals surface area contributed by atoms with Crippen LogP contribution in [-0.4, -0.2) is 25.2 Å². The number of nitrogens with one attached hydrogen (secondary N) is 1. The molecular weight excluding hydrogens is 306 g/mol. The lowest BCUT2D eigenvalue weighted by molar-refractivity contribution is 0.102. The molecule has 1 amide bonds. The van der Waals surface area contributed by atoms with Crippen LogP contribution in [-0.2, 0) is 6.42 Å². The molecule has 2 aliphatic heterocycles. The van der Waals surface area contributed by atoms with Crippen LogP contribution in [0.1, 0.15) is 29.3 Å². The maximum absolute atomic E-state index is 12.5. The SMILES string of the molecule is C[C@@H]1Cc2cc(C(=O)Nc3ccc4c(c3)OCCCO4)ccc2O1. The second kappa shape index (κ2) is 6.07. The summed E-state index contributed by atoms with van der Waals surface area (Å²) in [6, 6.07) is 11.0. The monoisotopic (exact) mass is 325 g/mol. The summed E-state index contributed by atoms with van der Waals surface area (Å²) in [6.07, 6.45) is 1.85. The van der Waals surface area contributed by atoms with Crippen LogP contribution in [0.25, 0.3) is 0 Å². The van der Waals surface area contributed by atoms with E-state index in [4.69, 9.17) is 14.2 Å². The first-order valence-electron chi connectivity index (χ1n) is 8.19. The standard InChI is InChI=1S/C19H19NO4/c1-12-9-14-10-13(3-5-16(14)24-12)19(21)20-15-4-6-17-18(11-15)23-8-2-7-22-17/h3-6,10-12H,2,7-9H2,1H3,(H,20,21)/t12-/m1/s1. The van der Waals surface area contributed by atoms with Crippen molar-refractivity contribution in [2.75, 3.05) is 18.5 Å². The van der Waals surface area contributed by atoms with Gasteiger partial charge in [-0.1, -0.05) is 0 Å². The van der Waals surface area contributed by atoms with Gasteiger partial charge >= 0.3 is 0 Å². The summed E-state index contributed by atoms with van der Waals surface area (Å²) in [5.41, 5.74) is 2.39. The van der Waals surface area contributed by atoms with Crippen molar-refractivity contribution in [2.45, 2.75) is 25.9 Å². The molecule has 2 aromatic carbocycles. The molecule has 4 rings (SSSR count). The van der Waals surface area contributed by atoms with E-state index in [1.807, 2.05) is 31.2 Å². The third kappa shape index (κ3) is 2.89. The first kappa shape index (κ1) is 14.9. The minimum Gasteiger partial charge on any atom is -0.490 e. The summed E-state index contributed by atoms with van der Waals surface area (Å²) in [7, 11) is 0. The normalized spacial score (nSPS) is 18.3. The predicted molar refractivity (Wildman–Crippen MR) is 90.2 cm³/mol. The Morgan fingerprint density at radius 2 is 1.83 bits per heavy atom. The Kier molecular flexibility index (Phi) is 3.76. The molecule has 0 saturated heterocycles. The van der Waals surface area contributed by atoms with Crippen LogP contribution in [0.2, 0.25) is 0 Å². The average molecular weight is 325 g/mol. The highest BCUT2D eigenvalue weighted by Crippen LogP contribution is 2.33. The Labute approximate surface area is 140 Å². The van der Waals surface area contributed by atoms with Crippen LogP contribution < -0.4 is 19.5 Å². The molecule has 1 N–H and O–H groups in total. The molecule has 2 aromatic rings. The zero-order valence-electron chi connectivity index (χ0n) is 13.5. The van der Waals surface area contributed by atoms with E-state index in [1.54, 1.807) is 12.1 Å². The van der Waals surface area contributed by atoms with Crippen molar-refractivity contribution in [3.8, 4) is 17.2 Å². The Balaban J connectivity index is 1.52. The van der Waals surface area contributed by atoms with Gasteiger partial charge in [-0.3, -0.25) is 4.79 Å². The van der Waals surface area contributed by atoms with Crippen LogP contribution in [0, 0.1) is 0 Å². The van der Waals surface area contributed by atoms with E-state index in [-0.39, 0.29) is 12.0 Å². The molecule has 0 unspecified atom stereocenters. The highest BCUT2D eigenvalue weighted by molar-refractivity contribution is 6.04. The summed E-state index contributed by atoms with van der Waals surface area (Å²) in [5, 5.41) is 2.92. The second-order valence-electron chi connectivity index (χ2n) is 6.12. The molecule has 2 aliphatic rings. The number of carbonyl (C=O) groups excluding carboxylic acids is 1. The summed E-state index contributed by atoms with van der Waals surface area (Å²) in [4.78, 5) is 12.5. The summed E-state index contributed by atoms with van der Waals surface area (Å²) < 4.78 is 16.9. The first-order valence-corrected chi connectivity index (χ1v) is 8.19. The molecule has 2 heterocycles. The third-order valence-electron chi connectivity index (χ3n) is 4.16. The minimum atomic E-state index is -0.146. The van der Waals surface area contributed by atoms with Crippen LogP contribution >= 0.6 is 0 Å². The lowest BCUT2D eigenvalue weighted by atomic mass is 10.1. The van der Waals surface area contributed by atoms with Gasteiger partial charge in [-0.15, -0.1) is 0 Å². The largest absolute Gasteiger partial charge is 0.490 e. The smallest absolute Gasteiger partial charge is 0.255 e. The molecule has 0 spiro atoms. The van der Waals surface area contributed by atoms with E-state index < -0.39 is 0 Å². The number of amides is 1. The molecule has 0 bridgehead atoms. The lowest BCUT2D eigenvalue weighted by Gasteiger charge is -2.11. The number of benzene rings is 2. The van der Waals surface area contributed by atoms with Gasteiger partial charge in [0.15, 0.2) is 11.5 Å². The van der Waals surface area contributed by atoms with E-state index in [0.717, 1.165) is 24.2 Å². The summed E-state index contributed by atoms with van der Waals surface area (Å²) in [5.74, 6) is 2.11. The zero-order valence-corrected chi connectivity index (χ0v) is 13.5. The molecule has 5 nitrogen and oxygen atoms in total. The number of hydrogen-bond acceptors (Lipinski definition) is 4. The van der Waals surface area contributed by atoms with Crippen molar-refractivity contribution in [1.29, 1.82) is 0 Å². The molecule has 1 atom stereocenters.